The molecule has 0 aliphatic heterocycles. The molecule has 0 radical (unpaired) electrons. The molecule has 90 valence electrons. The maximum absolute atomic E-state index is 5.23. The fourth-order valence-electron chi connectivity index (χ4n) is 1.82. The second kappa shape index (κ2) is 4.95. The van der Waals surface area contributed by atoms with E-state index in [0.717, 1.165) is 22.6 Å². The molecule has 0 bridgehead atoms. The molecule has 1 heterocycles. The fourth-order valence-corrected chi connectivity index (χ4v) is 1.82. The van der Waals surface area contributed by atoms with Crippen LogP contribution in [0, 0.1) is 6.92 Å². The van der Waals surface area contributed by atoms with Gasteiger partial charge in [0.2, 0.25) is 0 Å². The lowest BCUT2D eigenvalue weighted by molar-refractivity contribution is 0.412. The van der Waals surface area contributed by atoms with E-state index in [1.807, 2.05) is 25.1 Å². The first kappa shape index (κ1) is 11.6. The van der Waals surface area contributed by atoms with Crippen molar-refractivity contribution in [2.75, 3.05) is 12.4 Å². The zero-order valence-electron chi connectivity index (χ0n) is 10.4. The van der Waals surface area contributed by atoms with Crippen molar-refractivity contribution in [3.8, 4) is 5.75 Å². The molecule has 1 aromatic carbocycles. The molecule has 0 aliphatic rings. The van der Waals surface area contributed by atoms with Gasteiger partial charge in [-0.15, -0.1) is 0 Å². The van der Waals surface area contributed by atoms with Crippen LogP contribution in [0.15, 0.2) is 41.2 Å². The first-order valence-corrected chi connectivity index (χ1v) is 5.64. The van der Waals surface area contributed by atoms with E-state index in [9.17, 15) is 0 Å². The van der Waals surface area contributed by atoms with E-state index < -0.39 is 0 Å². The Kier molecular flexibility index (Phi) is 3.38. The smallest absolute Gasteiger partial charge is 0.121 e. The summed E-state index contributed by atoms with van der Waals surface area (Å²) >= 11 is 0. The van der Waals surface area contributed by atoms with Gasteiger partial charge in [0.05, 0.1) is 25.7 Å². The molecule has 0 amide bonds. The van der Waals surface area contributed by atoms with E-state index >= 15 is 0 Å². The second-order valence-corrected chi connectivity index (χ2v) is 4.11. The van der Waals surface area contributed by atoms with Crippen LogP contribution in [0.25, 0.3) is 0 Å². The highest BCUT2D eigenvalue weighted by Gasteiger charge is 2.07. The third-order valence-electron chi connectivity index (χ3n) is 2.82. The Balaban J connectivity index is 2.11. The average Bonchev–Trinajstić information content (AvgIpc) is 2.82. The topological polar surface area (TPSA) is 34.4 Å². The minimum absolute atomic E-state index is 0.224. The molecular formula is C14H17NO2. The summed E-state index contributed by atoms with van der Waals surface area (Å²) in [5.74, 6) is 0.909. The highest BCUT2D eigenvalue weighted by molar-refractivity contribution is 5.51. The third-order valence-corrected chi connectivity index (χ3v) is 2.82. The summed E-state index contributed by atoms with van der Waals surface area (Å²) in [5.41, 5.74) is 3.34. The molecule has 3 heteroatoms. The predicted molar refractivity (Wildman–Crippen MR) is 68.5 cm³/mol. The van der Waals surface area contributed by atoms with Crippen molar-refractivity contribution in [3.63, 3.8) is 0 Å². The minimum Gasteiger partial charge on any atom is -0.496 e. The van der Waals surface area contributed by atoms with Crippen LogP contribution in [-0.4, -0.2) is 7.11 Å². The molecule has 0 saturated carbocycles. The number of methoxy groups -OCH3 is 1. The highest BCUT2D eigenvalue weighted by atomic mass is 16.5. The third kappa shape index (κ3) is 2.61. The van der Waals surface area contributed by atoms with Crippen molar-refractivity contribution in [3.05, 3.63) is 47.9 Å². The Bertz CT molecular complexity index is 477. The number of anilines is 1. The molecule has 2 rings (SSSR count). The SMILES string of the molecule is COc1ccc(NC(C)c2ccoc2)cc1C. The van der Waals surface area contributed by atoms with Gasteiger partial charge in [-0.25, -0.2) is 0 Å². The van der Waals surface area contributed by atoms with Gasteiger partial charge in [0, 0.05) is 11.3 Å². The van der Waals surface area contributed by atoms with Gasteiger partial charge < -0.3 is 14.5 Å². The van der Waals surface area contributed by atoms with Gasteiger partial charge in [-0.3, -0.25) is 0 Å². The fraction of sp³-hybridized carbons (Fsp3) is 0.286. The van der Waals surface area contributed by atoms with Gasteiger partial charge in [0.15, 0.2) is 0 Å². The van der Waals surface area contributed by atoms with Crippen LogP contribution in [0.4, 0.5) is 5.69 Å². The van der Waals surface area contributed by atoms with Crippen molar-refractivity contribution in [2.45, 2.75) is 19.9 Å². The van der Waals surface area contributed by atoms with E-state index in [1.165, 1.54) is 0 Å². The van der Waals surface area contributed by atoms with Crippen LogP contribution in [0.1, 0.15) is 24.1 Å². The number of aryl methyl sites for hydroxylation is 1. The van der Waals surface area contributed by atoms with Gasteiger partial charge >= 0.3 is 0 Å². The minimum atomic E-state index is 0.224. The second-order valence-electron chi connectivity index (χ2n) is 4.11. The maximum atomic E-state index is 5.23. The largest absolute Gasteiger partial charge is 0.496 e. The van der Waals surface area contributed by atoms with Gasteiger partial charge in [0.1, 0.15) is 5.75 Å². The monoisotopic (exact) mass is 231 g/mol. The van der Waals surface area contributed by atoms with Crippen LogP contribution in [0.3, 0.4) is 0 Å². The van der Waals surface area contributed by atoms with E-state index in [0.29, 0.717) is 0 Å². The molecule has 3 nitrogen and oxygen atoms in total. The Labute approximate surface area is 101 Å². The zero-order valence-corrected chi connectivity index (χ0v) is 10.4. The average molecular weight is 231 g/mol. The van der Waals surface area contributed by atoms with Gasteiger partial charge in [0.25, 0.3) is 0 Å². The first-order chi connectivity index (χ1) is 8.20. The molecule has 1 atom stereocenters. The molecule has 0 saturated heterocycles. The van der Waals surface area contributed by atoms with Gasteiger partial charge in [-0.2, -0.15) is 0 Å². The summed E-state index contributed by atoms with van der Waals surface area (Å²) in [6.45, 7) is 4.14. The number of benzene rings is 1. The van der Waals surface area contributed by atoms with Crippen molar-refractivity contribution >= 4 is 5.69 Å². The molecule has 1 unspecified atom stereocenters. The van der Waals surface area contributed by atoms with Crippen molar-refractivity contribution < 1.29 is 9.15 Å². The Morgan fingerprint density at radius 1 is 1.29 bits per heavy atom. The Morgan fingerprint density at radius 3 is 2.71 bits per heavy atom. The summed E-state index contributed by atoms with van der Waals surface area (Å²) in [7, 11) is 1.68. The lowest BCUT2D eigenvalue weighted by atomic mass is 10.1. The standard InChI is InChI=1S/C14H17NO2/c1-10-8-13(4-5-14(10)16-3)15-11(2)12-6-7-17-9-12/h4-9,11,15H,1-3H3. The summed E-state index contributed by atoms with van der Waals surface area (Å²) in [6.07, 6.45) is 3.45. The van der Waals surface area contributed by atoms with Crippen LogP contribution >= 0.6 is 0 Å². The van der Waals surface area contributed by atoms with E-state index in [4.69, 9.17) is 9.15 Å². The van der Waals surface area contributed by atoms with E-state index in [-0.39, 0.29) is 6.04 Å². The number of rotatable bonds is 4. The molecule has 2 aromatic rings. The molecule has 0 aliphatic carbocycles. The van der Waals surface area contributed by atoms with Crippen molar-refractivity contribution in [1.82, 2.24) is 0 Å². The zero-order chi connectivity index (χ0) is 12.3. The molecular weight excluding hydrogens is 214 g/mol. The number of hydrogen-bond acceptors (Lipinski definition) is 3. The van der Waals surface area contributed by atoms with Gasteiger partial charge in [-0.05, 0) is 43.7 Å². The van der Waals surface area contributed by atoms with E-state index in [2.05, 4.69) is 18.3 Å². The predicted octanol–water partition coefficient (Wildman–Crippen LogP) is 3.77. The van der Waals surface area contributed by atoms with Crippen LogP contribution in [-0.2, 0) is 0 Å². The number of ether oxygens (including phenoxy) is 1. The number of furan rings is 1. The Hall–Kier alpha value is -1.90. The summed E-state index contributed by atoms with van der Waals surface area (Å²) < 4.78 is 10.3. The Morgan fingerprint density at radius 2 is 2.12 bits per heavy atom. The maximum Gasteiger partial charge on any atom is 0.121 e. The summed E-state index contributed by atoms with van der Waals surface area (Å²) in [4.78, 5) is 0. The molecule has 1 aromatic heterocycles. The number of hydrogen-bond donors (Lipinski definition) is 1. The molecule has 17 heavy (non-hydrogen) atoms. The van der Waals surface area contributed by atoms with Crippen molar-refractivity contribution in [2.24, 2.45) is 0 Å². The normalized spacial score (nSPS) is 12.2. The summed E-state index contributed by atoms with van der Waals surface area (Å²) in [6, 6.07) is 8.26. The highest BCUT2D eigenvalue weighted by Crippen LogP contribution is 2.24. The lowest BCUT2D eigenvalue weighted by Gasteiger charge is -2.15. The van der Waals surface area contributed by atoms with Gasteiger partial charge in [-0.1, -0.05) is 0 Å². The van der Waals surface area contributed by atoms with Crippen molar-refractivity contribution in [1.29, 1.82) is 0 Å². The van der Waals surface area contributed by atoms with Crippen LogP contribution in [0.2, 0.25) is 0 Å². The van der Waals surface area contributed by atoms with Crippen LogP contribution < -0.4 is 10.1 Å². The quantitative estimate of drug-likeness (QED) is 0.869. The molecule has 0 fully saturated rings. The summed E-state index contributed by atoms with van der Waals surface area (Å²) in [5, 5.41) is 3.42. The lowest BCUT2D eigenvalue weighted by Crippen LogP contribution is -2.05. The molecule has 0 spiro atoms. The van der Waals surface area contributed by atoms with E-state index in [1.54, 1.807) is 19.6 Å². The van der Waals surface area contributed by atoms with Crippen LogP contribution in [0.5, 0.6) is 5.75 Å². The molecule has 1 N–H and O–H groups in total. The number of nitrogens with one attached hydrogen (secondary N) is 1. The first-order valence-electron chi connectivity index (χ1n) is 5.64.